The molecule has 1 aliphatic heterocycles. The molecule has 1 saturated carbocycles. The Morgan fingerprint density at radius 1 is 1.14 bits per heavy atom. The van der Waals surface area contributed by atoms with Crippen LogP contribution in [-0.2, 0) is 12.8 Å². The Bertz CT molecular complexity index is 455. The van der Waals surface area contributed by atoms with Gasteiger partial charge in [-0.2, -0.15) is 0 Å². The van der Waals surface area contributed by atoms with Gasteiger partial charge >= 0.3 is 0 Å². The lowest BCUT2D eigenvalue weighted by atomic mass is 9.69. The van der Waals surface area contributed by atoms with Crippen LogP contribution in [0.1, 0.15) is 44.2 Å². The first kappa shape index (κ1) is 15.1. The standard InChI is InChI=1S/C19H29NO/c1-19(2)11-5-8-17(18(19)21)14-20-12-9-15-6-3-4-7-16(15)10-13-20/h3-4,6-7,17-18,21H,5,8-14H2,1-2H3. The highest BCUT2D eigenvalue weighted by Crippen LogP contribution is 2.39. The van der Waals surface area contributed by atoms with E-state index < -0.39 is 0 Å². The van der Waals surface area contributed by atoms with Gasteiger partial charge in [0.15, 0.2) is 0 Å². The van der Waals surface area contributed by atoms with Gasteiger partial charge in [-0.1, -0.05) is 44.5 Å². The van der Waals surface area contributed by atoms with E-state index in [0.29, 0.717) is 5.92 Å². The average Bonchev–Trinajstić information content (AvgIpc) is 2.67. The van der Waals surface area contributed by atoms with Crippen LogP contribution >= 0.6 is 0 Å². The van der Waals surface area contributed by atoms with E-state index in [2.05, 4.69) is 43.0 Å². The van der Waals surface area contributed by atoms with Crippen LogP contribution in [0.2, 0.25) is 0 Å². The third-order valence-corrected chi connectivity index (χ3v) is 5.65. The van der Waals surface area contributed by atoms with Gasteiger partial charge in [-0.3, -0.25) is 0 Å². The van der Waals surface area contributed by atoms with Crippen molar-refractivity contribution in [1.82, 2.24) is 4.90 Å². The number of aliphatic hydroxyl groups is 1. The highest BCUT2D eigenvalue weighted by molar-refractivity contribution is 5.28. The molecule has 3 rings (SSSR count). The first-order chi connectivity index (χ1) is 10.1. The largest absolute Gasteiger partial charge is 0.392 e. The zero-order valence-electron chi connectivity index (χ0n) is 13.5. The third-order valence-electron chi connectivity index (χ3n) is 5.65. The summed E-state index contributed by atoms with van der Waals surface area (Å²) in [4.78, 5) is 2.58. The van der Waals surface area contributed by atoms with Gasteiger partial charge in [0.25, 0.3) is 0 Å². The lowest BCUT2D eigenvalue weighted by Gasteiger charge is -2.42. The summed E-state index contributed by atoms with van der Waals surface area (Å²) in [6.07, 6.45) is 5.79. The Labute approximate surface area is 129 Å². The van der Waals surface area contributed by atoms with E-state index in [1.54, 1.807) is 0 Å². The van der Waals surface area contributed by atoms with Crippen LogP contribution in [0.15, 0.2) is 24.3 Å². The lowest BCUT2D eigenvalue weighted by Crippen LogP contribution is -2.45. The second kappa shape index (κ2) is 6.10. The highest BCUT2D eigenvalue weighted by Gasteiger charge is 2.38. The minimum absolute atomic E-state index is 0.0950. The molecule has 21 heavy (non-hydrogen) atoms. The minimum atomic E-state index is -0.142. The molecule has 1 aromatic rings. The predicted octanol–water partition coefficient (Wildman–Crippen LogP) is 3.27. The van der Waals surface area contributed by atoms with Crippen molar-refractivity contribution in [3.63, 3.8) is 0 Å². The quantitative estimate of drug-likeness (QED) is 0.902. The number of hydrogen-bond acceptors (Lipinski definition) is 2. The fraction of sp³-hybridized carbons (Fsp3) is 0.684. The van der Waals surface area contributed by atoms with E-state index in [0.717, 1.165) is 38.9 Å². The number of rotatable bonds is 2. The number of fused-ring (bicyclic) bond motifs is 1. The lowest BCUT2D eigenvalue weighted by molar-refractivity contribution is -0.0426. The first-order valence-electron chi connectivity index (χ1n) is 8.53. The van der Waals surface area contributed by atoms with E-state index in [1.165, 1.54) is 24.0 Å². The van der Waals surface area contributed by atoms with Gasteiger partial charge in [0, 0.05) is 19.6 Å². The smallest absolute Gasteiger partial charge is 0.0631 e. The van der Waals surface area contributed by atoms with Crippen molar-refractivity contribution in [1.29, 1.82) is 0 Å². The van der Waals surface area contributed by atoms with Gasteiger partial charge in [0.05, 0.1) is 6.10 Å². The summed E-state index contributed by atoms with van der Waals surface area (Å²) < 4.78 is 0. The number of nitrogens with zero attached hydrogens (tertiary/aromatic N) is 1. The summed E-state index contributed by atoms with van der Waals surface area (Å²) in [7, 11) is 0. The average molecular weight is 287 g/mol. The molecule has 1 aromatic carbocycles. The Balaban J connectivity index is 1.62. The maximum Gasteiger partial charge on any atom is 0.0631 e. The van der Waals surface area contributed by atoms with E-state index in [1.807, 2.05) is 0 Å². The van der Waals surface area contributed by atoms with Crippen molar-refractivity contribution < 1.29 is 5.11 Å². The summed E-state index contributed by atoms with van der Waals surface area (Å²) >= 11 is 0. The first-order valence-corrected chi connectivity index (χ1v) is 8.53. The topological polar surface area (TPSA) is 23.5 Å². The number of benzene rings is 1. The fourth-order valence-corrected chi connectivity index (χ4v) is 4.18. The number of hydrogen-bond donors (Lipinski definition) is 1. The summed E-state index contributed by atoms with van der Waals surface area (Å²) in [5.74, 6) is 0.454. The van der Waals surface area contributed by atoms with Gasteiger partial charge in [0.2, 0.25) is 0 Å². The van der Waals surface area contributed by atoms with Crippen LogP contribution in [-0.4, -0.2) is 35.7 Å². The van der Waals surface area contributed by atoms with Gasteiger partial charge in [-0.15, -0.1) is 0 Å². The van der Waals surface area contributed by atoms with Crippen LogP contribution in [0.4, 0.5) is 0 Å². The van der Waals surface area contributed by atoms with Crippen molar-refractivity contribution in [3.05, 3.63) is 35.4 Å². The van der Waals surface area contributed by atoms with E-state index in [-0.39, 0.29) is 11.5 Å². The fourth-order valence-electron chi connectivity index (χ4n) is 4.18. The molecule has 0 saturated heterocycles. The third kappa shape index (κ3) is 3.32. The van der Waals surface area contributed by atoms with Crippen LogP contribution in [0, 0.1) is 11.3 Å². The van der Waals surface area contributed by atoms with Crippen LogP contribution < -0.4 is 0 Å². The Hall–Kier alpha value is -0.860. The second-order valence-electron chi connectivity index (χ2n) is 7.66. The van der Waals surface area contributed by atoms with E-state index in [9.17, 15) is 5.11 Å². The molecular formula is C19H29NO. The number of aliphatic hydroxyl groups excluding tert-OH is 1. The molecule has 2 aliphatic rings. The molecule has 2 nitrogen and oxygen atoms in total. The molecule has 1 heterocycles. The van der Waals surface area contributed by atoms with Crippen molar-refractivity contribution in [2.24, 2.45) is 11.3 Å². The monoisotopic (exact) mass is 287 g/mol. The molecule has 2 atom stereocenters. The summed E-state index contributed by atoms with van der Waals surface area (Å²) in [5, 5.41) is 10.6. The SMILES string of the molecule is CC1(C)CCCC(CN2CCc3ccccc3CC2)C1O. The zero-order valence-corrected chi connectivity index (χ0v) is 13.5. The van der Waals surface area contributed by atoms with Gasteiger partial charge in [0.1, 0.15) is 0 Å². The molecule has 0 spiro atoms. The molecule has 116 valence electrons. The second-order valence-corrected chi connectivity index (χ2v) is 7.66. The van der Waals surface area contributed by atoms with Gasteiger partial charge < -0.3 is 10.0 Å². The van der Waals surface area contributed by atoms with Crippen molar-refractivity contribution in [2.45, 2.75) is 52.1 Å². The van der Waals surface area contributed by atoms with Crippen molar-refractivity contribution >= 4 is 0 Å². The summed E-state index contributed by atoms with van der Waals surface area (Å²) in [6.45, 7) is 7.80. The van der Waals surface area contributed by atoms with Crippen LogP contribution in [0.25, 0.3) is 0 Å². The molecule has 2 unspecified atom stereocenters. The molecule has 1 fully saturated rings. The van der Waals surface area contributed by atoms with Crippen LogP contribution in [0.3, 0.4) is 0 Å². The molecule has 0 amide bonds. The van der Waals surface area contributed by atoms with Crippen molar-refractivity contribution in [2.75, 3.05) is 19.6 Å². The van der Waals surface area contributed by atoms with E-state index in [4.69, 9.17) is 0 Å². The maximum atomic E-state index is 10.6. The summed E-state index contributed by atoms with van der Waals surface area (Å²) in [5.41, 5.74) is 3.13. The molecule has 0 radical (unpaired) electrons. The van der Waals surface area contributed by atoms with E-state index >= 15 is 0 Å². The molecular weight excluding hydrogens is 258 g/mol. The normalized spacial score (nSPS) is 29.7. The van der Waals surface area contributed by atoms with Crippen LogP contribution in [0.5, 0.6) is 0 Å². The van der Waals surface area contributed by atoms with Gasteiger partial charge in [-0.25, -0.2) is 0 Å². The Kier molecular flexibility index (Phi) is 4.37. The Morgan fingerprint density at radius 2 is 1.76 bits per heavy atom. The maximum absolute atomic E-state index is 10.6. The molecule has 1 aliphatic carbocycles. The Morgan fingerprint density at radius 3 is 2.38 bits per heavy atom. The van der Waals surface area contributed by atoms with Gasteiger partial charge in [-0.05, 0) is 48.1 Å². The van der Waals surface area contributed by atoms with Crippen molar-refractivity contribution in [3.8, 4) is 0 Å². The minimum Gasteiger partial charge on any atom is -0.392 e. The summed E-state index contributed by atoms with van der Waals surface area (Å²) in [6, 6.07) is 8.86. The zero-order chi connectivity index (χ0) is 14.9. The molecule has 0 bridgehead atoms. The molecule has 0 aromatic heterocycles. The molecule has 1 N–H and O–H groups in total. The highest BCUT2D eigenvalue weighted by atomic mass is 16.3. The molecule has 2 heteroatoms. The predicted molar refractivity (Wildman–Crippen MR) is 87.4 cm³/mol.